The Kier molecular flexibility index (Phi) is 5.79. The molecule has 13 heteroatoms. The van der Waals surface area contributed by atoms with Crippen LogP contribution in [0.2, 0.25) is 0 Å². The van der Waals surface area contributed by atoms with E-state index in [2.05, 4.69) is 15.1 Å². The number of nitrogens with two attached hydrogens (primary N) is 1. The highest BCUT2D eigenvalue weighted by Crippen LogP contribution is 2.38. The summed E-state index contributed by atoms with van der Waals surface area (Å²) in [7, 11) is -3.58. The Morgan fingerprint density at radius 3 is 2.73 bits per heavy atom. The van der Waals surface area contributed by atoms with Gasteiger partial charge in [-0.3, -0.25) is 0 Å². The highest BCUT2D eigenvalue weighted by Gasteiger charge is 2.39. The van der Waals surface area contributed by atoms with Crippen molar-refractivity contribution in [3.63, 3.8) is 0 Å². The second kappa shape index (κ2) is 8.61. The molecule has 0 amide bonds. The Morgan fingerprint density at radius 1 is 1.30 bits per heavy atom. The predicted molar refractivity (Wildman–Crippen MR) is 117 cm³/mol. The van der Waals surface area contributed by atoms with Crippen molar-refractivity contribution in [3.05, 3.63) is 23.6 Å². The van der Waals surface area contributed by atoms with Gasteiger partial charge in [0.05, 0.1) is 27.9 Å². The molecule has 0 radical (unpaired) electrons. The van der Waals surface area contributed by atoms with Gasteiger partial charge in [-0.05, 0) is 55.4 Å². The molecule has 0 aromatic carbocycles. The van der Waals surface area contributed by atoms with Crippen LogP contribution in [-0.4, -0.2) is 52.6 Å². The van der Waals surface area contributed by atoms with E-state index in [0.29, 0.717) is 49.2 Å². The third-order valence-corrected chi connectivity index (χ3v) is 8.89. The van der Waals surface area contributed by atoms with Gasteiger partial charge in [0.2, 0.25) is 0 Å². The minimum atomic E-state index is -3.58. The average Bonchev–Trinajstić information content (AvgIpc) is 3.47. The van der Waals surface area contributed by atoms with Gasteiger partial charge >= 0.3 is 5.97 Å². The number of nitrogen functional groups attached to an aromatic ring is 1. The number of carbonyl (C=O) groups excluding carboxylic acids is 1. The number of ether oxygens (including phenoxy) is 2. The van der Waals surface area contributed by atoms with Gasteiger partial charge in [0.25, 0.3) is 5.19 Å². The molecule has 3 aromatic heterocycles. The third-order valence-electron chi connectivity index (χ3n) is 5.93. The van der Waals surface area contributed by atoms with Crippen molar-refractivity contribution >= 4 is 44.0 Å². The molecule has 2 aliphatic rings. The third kappa shape index (κ3) is 4.44. The molecule has 33 heavy (non-hydrogen) atoms. The molecule has 1 saturated carbocycles. The maximum Gasteiger partial charge on any atom is 0.338 e. The first-order valence-electron chi connectivity index (χ1n) is 10.6. The molecule has 1 aliphatic carbocycles. The van der Waals surface area contributed by atoms with Gasteiger partial charge in [-0.15, -0.1) is 0 Å². The van der Waals surface area contributed by atoms with E-state index < -0.39 is 32.2 Å². The molecule has 2 fully saturated rings. The van der Waals surface area contributed by atoms with Gasteiger partial charge in [-0.1, -0.05) is 0 Å². The summed E-state index contributed by atoms with van der Waals surface area (Å²) in [5, 5.41) is 3.51. The molecule has 176 valence electrons. The SMILES string of the molecule is Nc1cc(S(=O)(=O)C2CC2)c2cnn(C(CC3CCOCC3)C(=O)Oc3ncc(F)s3)c2n1. The Hall–Kier alpha value is -2.64. The quantitative estimate of drug-likeness (QED) is 0.490. The van der Waals surface area contributed by atoms with E-state index in [1.807, 2.05) is 0 Å². The lowest BCUT2D eigenvalue weighted by Gasteiger charge is -2.25. The van der Waals surface area contributed by atoms with Crippen molar-refractivity contribution in [1.29, 1.82) is 0 Å². The number of hydrogen-bond donors (Lipinski definition) is 1. The summed E-state index contributed by atoms with van der Waals surface area (Å²) in [5.74, 6) is -0.514. The first kappa shape index (κ1) is 22.2. The lowest BCUT2D eigenvalue weighted by atomic mass is 9.92. The first-order valence-corrected chi connectivity index (χ1v) is 13.0. The molecule has 3 aromatic rings. The Morgan fingerprint density at radius 2 is 2.06 bits per heavy atom. The number of anilines is 1. The second-order valence-corrected chi connectivity index (χ2v) is 11.4. The zero-order chi connectivity index (χ0) is 23.2. The van der Waals surface area contributed by atoms with E-state index in [9.17, 15) is 17.6 Å². The fraction of sp³-hybridized carbons (Fsp3) is 0.500. The highest BCUT2D eigenvalue weighted by atomic mass is 32.2. The van der Waals surface area contributed by atoms with E-state index in [1.165, 1.54) is 16.9 Å². The summed E-state index contributed by atoms with van der Waals surface area (Å²) in [6, 6.07) is 0.412. The van der Waals surface area contributed by atoms with Gasteiger partial charge in [-0.25, -0.2) is 27.9 Å². The standard InChI is InChI=1S/C20H22FN5O5S2/c21-16-10-23-20(32-16)31-19(27)14(7-11-3-5-30-6-4-11)26-18-13(9-24-26)15(8-17(22)25-18)33(28,29)12-1-2-12/h8-12,14H,1-7H2,(H2,22,25). The number of pyridine rings is 1. The molecule has 4 heterocycles. The fourth-order valence-electron chi connectivity index (χ4n) is 4.06. The Bertz CT molecular complexity index is 1300. The van der Waals surface area contributed by atoms with Crippen molar-refractivity contribution < 1.29 is 27.1 Å². The van der Waals surface area contributed by atoms with Crippen molar-refractivity contribution in [2.45, 2.75) is 48.3 Å². The molecular formula is C20H22FN5O5S2. The highest BCUT2D eigenvalue weighted by molar-refractivity contribution is 7.92. The van der Waals surface area contributed by atoms with E-state index in [0.717, 1.165) is 19.0 Å². The molecule has 1 saturated heterocycles. The number of carbonyl (C=O) groups is 1. The van der Waals surface area contributed by atoms with Gasteiger partial charge in [-0.2, -0.15) is 9.49 Å². The summed E-state index contributed by atoms with van der Waals surface area (Å²) in [6.07, 6.45) is 5.45. The molecule has 2 N–H and O–H groups in total. The van der Waals surface area contributed by atoms with Crippen LogP contribution in [0, 0.1) is 11.0 Å². The number of sulfone groups is 1. The number of halogens is 1. The monoisotopic (exact) mass is 495 g/mol. The first-order chi connectivity index (χ1) is 15.8. The van der Waals surface area contributed by atoms with Crippen LogP contribution in [-0.2, 0) is 19.4 Å². The van der Waals surface area contributed by atoms with Crippen LogP contribution in [0.3, 0.4) is 0 Å². The summed E-state index contributed by atoms with van der Waals surface area (Å²) >= 11 is 0.613. The number of fused-ring (bicyclic) bond motifs is 1. The van der Waals surface area contributed by atoms with E-state index in [4.69, 9.17) is 15.2 Å². The number of nitrogens with zero attached hydrogens (tertiary/aromatic N) is 4. The Balaban J connectivity index is 1.55. The van der Waals surface area contributed by atoms with Crippen LogP contribution < -0.4 is 10.5 Å². The zero-order valence-electron chi connectivity index (χ0n) is 17.5. The molecular weight excluding hydrogens is 473 g/mol. The zero-order valence-corrected chi connectivity index (χ0v) is 19.1. The molecule has 1 atom stereocenters. The van der Waals surface area contributed by atoms with E-state index in [1.54, 1.807) is 0 Å². The van der Waals surface area contributed by atoms with Crippen molar-refractivity contribution in [2.24, 2.45) is 5.92 Å². The van der Waals surface area contributed by atoms with Crippen molar-refractivity contribution in [2.75, 3.05) is 18.9 Å². The number of hydrogen-bond acceptors (Lipinski definition) is 10. The van der Waals surface area contributed by atoms with Crippen molar-refractivity contribution in [1.82, 2.24) is 19.7 Å². The smallest absolute Gasteiger partial charge is 0.338 e. The number of thiazole rings is 1. The molecule has 1 unspecified atom stereocenters. The number of esters is 1. The molecule has 0 spiro atoms. The molecule has 1 aliphatic heterocycles. The number of rotatable bonds is 7. The molecule has 0 bridgehead atoms. The lowest BCUT2D eigenvalue weighted by Crippen LogP contribution is -2.29. The van der Waals surface area contributed by atoms with Crippen LogP contribution in [0.1, 0.15) is 38.1 Å². The normalized spacial score (nSPS) is 18.5. The lowest BCUT2D eigenvalue weighted by molar-refractivity contribution is -0.139. The topological polar surface area (TPSA) is 139 Å². The largest absolute Gasteiger partial charge is 0.396 e. The van der Waals surface area contributed by atoms with Gasteiger partial charge in [0.1, 0.15) is 5.82 Å². The van der Waals surface area contributed by atoms with Crippen LogP contribution in [0.4, 0.5) is 10.2 Å². The summed E-state index contributed by atoms with van der Waals surface area (Å²) < 4.78 is 51.4. The van der Waals surface area contributed by atoms with Gasteiger partial charge in [0.15, 0.2) is 26.7 Å². The van der Waals surface area contributed by atoms with Gasteiger partial charge < -0.3 is 15.2 Å². The van der Waals surface area contributed by atoms with Crippen molar-refractivity contribution in [3.8, 4) is 5.19 Å². The van der Waals surface area contributed by atoms with Gasteiger partial charge in [0, 0.05) is 13.2 Å². The molecule has 5 rings (SSSR count). The van der Waals surface area contributed by atoms with Crippen LogP contribution in [0.15, 0.2) is 23.4 Å². The maximum atomic E-state index is 13.4. The minimum Gasteiger partial charge on any atom is -0.396 e. The average molecular weight is 496 g/mol. The summed E-state index contributed by atoms with van der Waals surface area (Å²) in [4.78, 5) is 21.3. The van der Waals surface area contributed by atoms with Crippen LogP contribution >= 0.6 is 11.3 Å². The summed E-state index contributed by atoms with van der Waals surface area (Å²) in [6.45, 7) is 1.16. The van der Waals surface area contributed by atoms with Crippen LogP contribution in [0.25, 0.3) is 11.0 Å². The molecule has 10 nitrogen and oxygen atoms in total. The fourth-order valence-corrected chi connectivity index (χ4v) is 6.42. The maximum absolute atomic E-state index is 13.4. The van der Waals surface area contributed by atoms with E-state index in [-0.39, 0.29) is 27.5 Å². The second-order valence-electron chi connectivity index (χ2n) is 8.27. The summed E-state index contributed by atoms with van der Waals surface area (Å²) in [5.41, 5.74) is 6.15. The minimum absolute atomic E-state index is 0.0173. The Labute approximate surface area is 192 Å². The number of aromatic nitrogens is 4. The predicted octanol–water partition coefficient (Wildman–Crippen LogP) is 2.51. The van der Waals surface area contributed by atoms with Crippen LogP contribution in [0.5, 0.6) is 5.19 Å². The van der Waals surface area contributed by atoms with E-state index >= 15 is 0 Å².